The number of imide groups is 1. The van der Waals surface area contributed by atoms with Gasteiger partial charge in [0.25, 0.3) is 5.91 Å². The highest BCUT2D eigenvalue weighted by Gasteiger charge is 2.47. The second-order valence-electron chi connectivity index (χ2n) is 9.35. The lowest BCUT2D eigenvalue weighted by Gasteiger charge is -2.29. The summed E-state index contributed by atoms with van der Waals surface area (Å²) in [7, 11) is -4.20. The van der Waals surface area contributed by atoms with Crippen molar-refractivity contribution in [2.75, 3.05) is 11.4 Å². The SMILES string of the molecule is Cc1cc(C)c(C)c(S(=O)(=O)N(CCc2cccc(Cl)c2)C2CC(=O)N(c3ccc(F)cc3)C2=O)c1C. The molecule has 37 heavy (non-hydrogen) atoms. The zero-order chi connectivity index (χ0) is 27.1. The third-order valence-electron chi connectivity index (χ3n) is 6.93. The van der Waals surface area contributed by atoms with Crippen LogP contribution >= 0.6 is 11.6 Å². The van der Waals surface area contributed by atoms with Crippen molar-refractivity contribution >= 4 is 39.1 Å². The molecule has 0 saturated carbocycles. The second-order valence-corrected chi connectivity index (χ2v) is 11.6. The average Bonchev–Trinajstić information content (AvgIpc) is 3.12. The Morgan fingerprint density at radius 3 is 2.19 bits per heavy atom. The van der Waals surface area contributed by atoms with E-state index in [9.17, 15) is 22.4 Å². The van der Waals surface area contributed by atoms with Crippen LogP contribution in [-0.2, 0) is 26.0 Å². The van der Waals surface area contributed by atoms with E-state index in [1.165, 1.54) is 12.1 Å². The number of amides is 2. The number of anilines is 1. The first kappa shape index (κ1) is 27.0. The number of hydrogen-bond acceptors (Lipinski definition) is 4. The van der Waals surface area contributed by atoms with E-state index in [0.29, 0.717) is 16.1 Å². The van der Waals surface area contributed by atoms with Crippen molar-refractivity contribution < 1.29 is 22.4 Å². The molecule has 0 aromatic heterocycles. The number of halogens is 2. The molecule has 0 radical (unpaired) electrons. The predicted molar refractivity (Wildman–Crippen MR) is 142 cm³/mol. The minimum atomic E-state index is -4.20. The van der Waals surface area contributed by atoms with Crippen molar-refractivity contribution in [2.45, 2.75) is 51.5 Å². The van der Waals surface area contributed by atoms with Gasteiger partial charge in [-0.25, -0.2) is 17.7 Å². The molecular formula is C28H28ClFN2O4S. The first-order valence-electron chi connectivity index (χ1n) is 11.9. The molecule has 0 bridgehead atoms. The molecule has 1 saturated heterocycles. The first-order valence-corrected chi connectivity index (χ1v) is 13.7. The molecule has 1 atom stereocenters. The van der Waals surface area contributed by atoms with Crippen LogP contribution in [0.4, 0.5) is 10.1 Å². The van der Waals surface area contributed by atoms with Gasteiger partial charge in [0.05, 0.1) is 17.0 Å². The summed E-state index contributed by atoms with van der Waals surface area (Å²) in [4.78, 5) is 27.6. The number of carbonyl (C=O) groups is 2. The van der Waals surface area contributed by atoms with Crippen LogP contribution in [0.5, 0.6) is 0 Å². The molecule has 0 spiro atoms. The van der Waals surface area contributed by atoms with Crippen LogP contribution in [0.2, 0.25) is 5.02 Å². The lowest BCUT2D eigenvalue weighted by atomic mass is 10.0. The van der Waals surface area contributed by atoms with Gasteiger partial charge in [0.1, 0.15) is 11.9 Å². The quantitative estimate of drug-likeness (QED) is 0.381. The fourth-order valence-electron chi connectivity index (χ4n) is 4.76. The van der Waals surface area contributed by atoms with Crippen LogP contribution in [0.3, 0.4) is 0 Å². The molecule has 9 heteroatoms. The minimum absolute atomic E-state index is 0.0323. The highest BCUT2D eigenvalue weighted by Crippen LogP contribution is 2.34. The zero-order valence-electron chi connectivity index (χ0n) is 21.1. The van der Waals surface area contributed by atoms with Gasteiger partial charge < -0.3 is 0 Å². The van der Waals surface area contributed by atoms with Gasteiger partial charge in [-0.1, -0.05) is 29.8 Å². The predicted octanol–water partition coefficient (Wildman–Crippen LogP) is 5.28. The number of aryl methyl sites for hydroxylation is 2. The summed E-state index contributed by atoms with van der Waals surface area (Å²) in [6.07, 6.45) is -0.0227. The summed E-state index contributed by atoms with van der Waals surface area (Å²) in [6, 6.07) is 12.7. The Kier molecular flexibility index (Phi) is 7.55. The van der Waals surface area contributed by atoms with Gasteiger partial charge in [0.15, 0.2) is 0 Å². The zero-order valence-corrected chi connectivity index (χ0v) is 22.7. The van der Waals surface area contributed by atoms with E-state index in [1.807, 2.05) is 26.0 Å². The number of nitrogens with zero attached hydrogens (tertiary/aromatic N) is 2. The molecule has 3 aromatic carbocycles. The summed E-state index contributed by atoms with van der Waals surface area (Å²) < 4.78 is 43.1. The number of benzene rings is 3. The van der Waals surface area contributed by atoms with Crippen LogP contribution in [-0.4, -0.2) is 37.1 Å². The van der Waals surface area contributed by atoms with Crippen molar-refractivity contribution in [3.63, 3.8) is 0 Å². The summed E-state index contributed by atoms with van der Waals surface area (Å²) in [5.74, 6) is -1.71. The molecule has 1 fully saturated rings. The molecule has 0 aliphatic carbocycles. The molecule has 1 aliphatic heterocycles. The van der Waals surface area contributed by atoms with E-state index < -0.39 is 33.7 Å². The fourth-order valence-corrected chi connectivity index (χ4v) is 7.14. The van der Waals surface area contributed by atoms with Gasteiger partial charge >= 0.3 is 0 Å². The van der Waals surface area contributed by atoms with Gasteiger partial charge in [0, 0.05) is 11.6 Å². The highest BCUT2D eigenvalue weighted by molar-refractivity contribution is 7.89. The molecule has 2 amide bonds. The Labute approximate surface area is 221 Å². The second kappa shape index (κ2) is 10.4. The normalized spacial score (nSPS) is 16.2. The molecule has 1 unspecified atom stereocenters. The van der Waals surface area contributed by atoms with E-state index in [2.05, 4.69) is 0 Å². The Morgan fingerprint density at radius 1 is 0.973 bits per heavy atom. The third-order valence-corrected chi connectivity index (χ3v) is 9.35. The first-order chi connectivity index (χ1) is 17.4. The summed E-state index contributed by atoms with van der Waals surface area (Å²) in [5, 5.41) is 0.516. The highest BCUT2D eigenvalue weighted by atomic mass is 35.5. The van der Waals surface area contributed by atoms with Gasteiger partial charge in [-0.05, 0) is 98.3 Å². The smallest absolute Gasteiger partial charge is 0.252 e. The van der Waals surface area contributed by atoms with E-state index in [0.717, 1.165) is 38.0 Å². The van der Waals surface area contributed by atoms with Crippen molar-refractivity contribution in [1.29, 1.82) is 0 Å². The third kappa shape index (κ3) is 5.19. The van der Waals surface area contributed by atoms with Crippen molar-refractivity contribution in [3.8, 4) is 0 Å². The van der Waals surface area contributed by atoms with E-state index in [1.54, 1.807) is 32.0 Å². The summed E-state index contributed by atoms with van der Waals surface area (Å²) in [5.41, 5.74) is 3.83. The van der Waals surface area contributed by atoms with E-state index in [4.69, 9.17) is 11.6 Å². The van der Waals surface area contributed by atoms with Crippen LogP contribution in [0, 0.1) is 33.5 Å². The van der Waals surface area contributed by atoms with E-state index >= 15 is 0 Å². The summed E-state index contributed by atoms with van der Waals surface area (Å²) >= 11 is 6.13. The van der Waals surface area contributed by atoms with Crippen LogP contribution in [0.1, 0.15) is 34.2 Å². The van der Waals surface area contributed by atoms with Gasteiger partial charge in [0.2, 0.25) is 15.9 Å². The van der Waals surface area contributed by atoms with Crippen molar-refractivity contribution in [2.24, 2.45) is 0 Å². The number of rotatable bonds is 7. The number of carbonyl (C=O) groups excluding carboxylic acids is 2. The Bertz CT molecular complexity index is 1460. The molecule has 194 valence electrons. The summed E-state index contributed by atoms with van der Waals surface area (Å²) in [6.45, 7) is 7.15. The van der Waals surface area contributed by atoms with E-state index in [-0.39, 0.29) is 30.0 Å². The van der Waals surface area contributed by atoms with Crippen LogP contribution < -0.4 is 4.90 Å². The molecule has 3 aromatic rings. The molecule has 1 aliphatic rings. The number of hydrogen-bond donors (Lipinski definition) is 0. The molecule has 4 rings (SSSR count). The van der Waals surface area contributed by atoms with Crippen LogP contribution in [0.15, 0.2) is 59.5 Å². The Balaban J connectivity index is 1.79. The largest absolute Gasteiger partial charge is 0.274 e. The van der Waals surface area contributed by atoms with Crippen molar-refractivity contribution in [3.05, 3.63) is 93.3 Å². The maximum absolute atomic E-state index is 14.3. The maximum Gasteiger partial charge on any atom is 0.252 e. The van der Waals surface area contributed by atoms with Crippen LogP contribution in [0.25, 0.3) is 0 Å². The molecular weight excluding hydrogens is 515 g/mol. The average molecular weight is 543 g/mol. The van der Waals surface area contributed by atoms with Gasteiger partial charge in [-0.15, -0.1) is 0 Å². The standard InChI is InChI=1S/C28H28ClFN2O4S/c1-17-14-18(2)20(4)27(19(17)3)37(35,36)31(13-12-21-6-5-7-22(29)15-21)25-16-26(33)32(28(25)34)24-10-8-23(30)9-11-24/h5-11,14-15,25H,12-13,16H2,1-4H3. The number of sulfonamides is 1. The van der Waals surface area contributed by atoms with Crippen molar-refractivity contribution in [1.82, 2.24) is 4.31 Å². The lowest BCUT2D eigenvalue weighted by molar-refractivity contribution is -0.122. The minimum Gasteiger partial charge on any atom is -0.274 e. The molecule has 1 heterocycles. The monoisotopic (exact) mass is 542 g/mol. The van der Waals surface area contributed by atoms with Gasteiger partial charge in [-0.2, -0.15) is 4.31 Å². The molecule has 0 N–H and O–H groups in total. The molecule has 6 nitrogen and oxygen atoms in total. The topological polar surface area (TPSA) is 74.8 Å². The van der Waals surface area contributed by atoms with Gasteiger partial charge in [-0.3, -0.25) is 9.59 Å². The lowest BCUT2D eigenvalue weighted by Crippen LogP contribution is -2.46. The fraction of sp³-hybridized carbons (Fsp3) is 0.286. The maximum atomic E-state index is 14.3. The Morgan fingerprint density at radius 2 is 1.59 bits per heavy atom. The Hall–Kier alpha value is -3.07.